The third-order valence-corrected chi connectivity index (χ3v) is 8.22. The molecule has 2 saturated heterocycles. The van der Waals surface area contributed by atoms with E-state index in [-0.39, 0.29) is 12.6 Å². The number of rotatable bonds is 7. The van der Waals surface area contributed by atoms with Crippen molar-refractivity contribution < 1.29 is 9.84 Å². The normalized spacial score (nSPS) is 18.6. The zero-order chi connectivity index (χ0) is 27.1. The second-order valence-corrected chi connectivity index (χ2v) is 11.0. The maximum Gasteiger partial charge on any atom is 0.239 e. The molecule has 0 saturated carbocycles. The number of nitrogens with zero attached hydrogens (tertiary/aromatic N) is 9. The topological polar surface area (TPSA) is 101 Å². The first kappa shape index (κ1) is 26.1. The summed E-state index contributed by atoms with van der Waals surface area (Å²) in [5.74, 6) is 3.73. The Labute approximate surface area is 229 Å². The molecule has 0 spiro atoms. The van der Waals surface area contributed by atoms with Gasteiger partial charge < -0.3 is 19.3 Å². The SMILES string of the molecule is Cc1nc2ccccc2n1-c1nc(N2CCOCC2)c2nc(CN3CCN([C@H](CO)C(C)C)CC3)n(C)c2n1. The van der Waals surface area contributed by atoms with Gasteiger partial charge in [-0.05, 0) is 25.0 Å². The lowest BCUT2D eigenvalue weighted by molar-refractivity contribution is 0.0411. The van der Waals surface area contributed by atoms with Crippen LogP contribution in [0.5, 0.6) is 0 Å². The van der Waals surface area contributed by atoms with E-state index in [0.29, 0.717) is 25.1 Å². The first-order valence-electron chi connectivity index (χ1n) is 14.0. The van der Waals surface area contributed by atoms with Crippen LogP contribution in [-0.2, 0) is 18.3 Å². The molecule has 3 aromatic heterocycles. The summed E-state index contributed by atoms with van der Waals surface area (Å²) in [6, 6.07) is 8.32. The number of aliphatic hydroxyl groups is 1. The van der Waals surface area contributed by atoms with E-state index in [9.17, 15) is 5.11 Å². The number of hydrogen-bond donors (Lipinski definition) is 1. The number of piperazine rings is 1. The maximum absolute atomic E-state index is 9.87. The second kappa shape index (κ2) is 10.8. The van der Waals surface area contributed by atoms with Gasteiger partial charge in [0, 0.05) is 52.4 Å². The molecule has 2 fully saturated rings. The molecule has 0 bridgehead atoms. The van der Waals surface area contributed by atoms with Gasteiger partial charge in [0.2, 0.25) is 5.95 Å². The van der Waals surface area contributed by atoms with E-state index in [1.165, 1.54) is 0 Å². The number of ether oxygens (including phenoxy) is 1. The van der Waals surface area contributed by atoms with E-state index < -0.39 is 0 Å². The van der Waals surface area contributed by atoms with Gasteiger partial charge >= 0.3 is 0 Å². The predicted octanol–water partition coefficient (Wildman–Crippen LogP) is 1.98. The Morgan fingerprint density at radius 1 is 0.949 bits per heavy atom. The molecule has 5 heterocycles. The van der Waals surface area contributed by atoms with Crippen molar-refractivity contribution in [3.8, 4) is 5.95 Å². The van der Waals surface area contributed by atoms with Crippen molar-refractivity contribution in [2.24, 2.45) is 13.0 Å². The number of hydrogen-bond acceptors (Lipinski definition) is 9. The highest BCUT2D eigenvalue weighted by molar-refractivity contribution is 5.86. The van der Waals surface area contributed by atoms with E-state index in [0.717, 1.165) is 85.5 Å². The summed E-state index contributed by atoms with van der Waals surface area (Å²) in [5, 5.41) is 9.87. The molecule has 208 valence electrons. The van der Waals surface area contributed by atoms with Crippen LogP contribution in [0, 0.1) is 12.8 Å². The lowest BCUT2D eigenvalue weighted by Gasteiger charge is -2.40. The number of morpholine rings is 1. The highest BCUT2D eigenvalue weighted by Crippen LogP contribution is 2.28. The Balaban J connectivity index is 1.35. The van der Waals surface area contributed by atoms with Crippen molar-refractivity contribution in [3.05, 3.63) is 35.9 Å². The predicted molar refractivity (Wildman–Crippen MR) is 151 cm³/mol. The van der Waals surface area contributed by atoms with Crippen molar-refractivity contribution in [2.45, 2.75) is 33.4 Å². The minimum Gasteiger partial charge on any atom is -0.395 e. The van der Waals surface area contributed by atoms with E-state index in [2.05, 4.69) is 46.2 Å². The van der Waals surface area contributed by atoms with Crippen LogP contribution in [0.15, 0.2) is 24.3 Å². The van der Waals surface area contributed by atoms with Crippen molar-refractivity contribution in [3.63, 3.8) is 0 Å². The molecule has 1 aromatic carbocycles. The molecule has 2 aliphatic rings. The van der Waals surface area contributed by atoms with Crippen molar-refractivity contribution in [2.75, 3.05) is 64.0 Å². The highest BCUT2D eigenvalue weighted by atomic mass is 16.5. The second-order valence-electron chi connectivity index (χ2n) is 11.0. The van der Waals surface area contributed by atoms with Gasteiger partial charge in [-0.3, -0.25) is 14.4 Å². The fourth-order valence-electron chi connectivity index (χ4n) is 5.92. The Bertz CT molecular complexity index is 1450. The fourth-order valence-corrected chi connectivity index (χ4v) is 5.92. The number of aliphatic hydroxyl groups excluding tert-OH is 1. The summed E-state index contributed by atoms with van der Waals surface area (Å²) in [6.07, 6.45) is 0. The molecule has 39 heavy (non-hydrogen) atoms. The molecule has 0 amide bonds. The van der Waals surface area contributed by atoms with Gasteiger partial charge in [0.15, 0.2) is 17.0 Å². The standard InChI is InChI=1S/C28H39N9O2/c1-19(2)23(18-38)35-11-9-34(10-12-35)17-24-30-25-26(33(24)4)31-28(32-27(25)36-13-15-39-16-14-36)37-20(3)29-21-7-5-6-8-22(21)37/h5-8,19,23,38H,9-18H2,1-4H3/t23-/m1/s1. The van der Waals surface area contributed by atoms with Gasteiger partial charge in [0.1, 0.15) is 11.6 Å². The number of imidazole rings is 2. The Kier molecular flexibility index (Phi) is 7.23. The lowest BCUT2D eigenvalue weighted by atomic mass is 10.0. The third-order valence-electron chi connectivity index (χ3n) is 8.22. The maximum atomic E-state index is 9.87. The lowest BCUT2D eigenvalue weighted by Crippen LogP contribution is -2.52. The molecule has 1 atom stereocenters. The van der Waals surface area contributed by atoms with Gasteiger partial charge in [-0.2, -0.15) is 9.97 Å². The highest BCUT2D eigenvalue weighted by Gasteiger charge is 2.28. The summed E-state index contributed by atoms with van der Waals surface area (Å²) in [4.78, 5) is 27.2. The molecule has 11 heteroatoms. The van der Waals surface area contributed by atoms with Gasteiger partial charge in [0.05, 0.1) is 37.4 Å². The van der Waals surface area contributed by atoms with Crippen LogP contribution < -0.4 is 4.90 Å². The monoisotopic (exact) mass is 533 g/mol. The molecule has 6 rings (SSSR count). The number of aryl methyl sites for hydroxylation is 2. The van der Waals surface area contributed by atoms with E-state index in [1.54, 1.807) is 0 Å². The van der Waals surface area contributed by atoms with E-state index >= 15 is 0 Å². The number of aromatic nitrogens is 6. The Morgan fingerprint density at radius 3 is 2.41 bits per heavy atom. The summed E-state index contributed by atoms with van der Waals surface area (Å²) in [7, 11) is 2.06. The van der Waals surface area contributed by atoms with Crippen molar-refractivity contribution >= 4 is 28.0 Å². The van der Waals surface area contributed by atoms with Crippen LogP contribution in [-0.4, -0.2) is 109 Å². The summed E-state index contributed by atoms with van der Waals surface area (Å²) in [6.45, 7) is 14.0. The first-order valence-corrected chi connectivity index (χ1v) is 14.0. The summed E-state index contributed by atoms with van der Waals surface area (Å²) >= 11 is 0. The molecular weight excluding hydrogens is 494 g/mol. The number of anilines is 1. The summed E-state index contributed by atoms with van der Waals surface area (Å²) < 4.78 is 9.80. The summed E-state index contributed by atoms with van der Waals surface area (Å²) in [5.41, 5.74) is 3.58. The molecule has 2 aliphatic heterocycles. The minimum atomic E-state index is 0.208. The van der Waals surface area contributed by atoms with Crippen LogP contribution in [0.25, 0.3) is 28.1 Å². The molecule has 4 aromatic rings. The minimum absolute atomic E-state index is 0.208. The van der Waals surface area contributed by atoms with Gasteiger partial charge in [-0.1, -0.05) is 26.0 Å². The molecule has 11 nitrogen and oxygen atoms in total. The van der Waals surface area contributed by atoms with Crippen LogP contribution in [0.4, 0.5) is 5.82 Å². The third kappa shape index (κ3) is 4.88. The average molecular weight is 534 g/mol. The van der Waals surface area contributed by atoms with Gasteiger partial charge in [0.25, 0.3) is 0 Å². The number of para-hydroxylation sites is 2. The average Bonchev–Trinajstić information content (AvgIpc) is 3.45. The Morgan fingerprint density at radius 2 is 1.69 bits per heavy atom. The first-order chi connectivity index (χ1) is 18.9. The van der Waals surface area contributed by atoms with Crippen LogP contribution in [0.3, 0.4) is 0 Å². The van der Waals surface area contributed by atoms with Crippen molar-refractivity contribution in [1.29, 1.82) is 0 Å². The van der Waals surface area contributed by atoms with E-state index in [1.807, 2.05) is 29.7 Å². The zero-order valence-corrected chi connectivity index (χ0v) is 23.4. The van der Waals surface area contributed by atoms with E-state index in [4.69, 9.17) is 24.7 Å². The fraction of sp³-hybridized carbons (Fsp3) is 0.571. The largest absolute Gasteiger partial charge is 0.395 e. The van der Waals surface area contributed by atoms with Crippen LogP contribution in [0.1, 0.15) is 25.5 Å². The molecule has 0 unspecified atom stereocenters. The quantitative estimate of drug-likeness (QED) is 0.382. The molecule has 0 radical (unpaired) electrons. The molecular formula is C28H39N9O2. The van der Waals surface area contributed by atoms with Crippen LogP contribution >= 0.6 is 0 Å². The van der Waals surface area contributed by atoms with Crippen molar-refractivity contribution in [1.82, 2.24) is 38.9 Å². The smallest absolute Gasteiger partial charge is 0.239 e. The zero-order valence-electron chi connectivity index (χ0n) is 23.4. The molecule has 1 N–H and O–H groups in total. The molecule has 0 aliphatic carbocycles. The number of benzene rings is 1. The Hall–Kier alpha value is -3.12. The van der Waals surface area contributed by atoms with Gasteiger partial charge in [-0.25, -0.2) is 9.97 Å². The van der Waals surface area contributed by atoms with Gasteiger partial charge in [-0.15, -0.1) is 0 Å². The number of fused-ring (bicyclic) bond motifs is 2. The van der Waals surface area contributed by atoms with Crippen LogP contribution in [0.2, 0.25) is 0 Å².